The normalized spacial score (nSPS) is 17.7. The van der Waals surface area contributed by atoms with Crippen LogP contribution in [0.4, 0.5) is 0 Å². The van der Waals surface area contributed by atoms with Crippen molar-refractivity contribution in [2.45, 2.75) is 38.6 Å². The molecule has 0 spiro atoms. The molecule has 3 aromatic rings. The van der Waals surface area contributed by atoms with Gasteiger partial charge in [-0.3, -0.25) is 14.8 Å². The molecule has 1 saturated heterocycles. The second kappa shape index (κ2) is 8.21. The van der Waals surface area contributed by atoms with Gasteiger partial charge in [0.1, 0.15) is 5.82 Å². The van der Waals surface area contributed by atoms with Crippen molar-refractivity contribution in [1.29, 1.82) is 0 Å². The smallest absolute Gasteiger partial charge is 0.233 e. The Morgan fingerprint density at radius 3 is 2.86 bits per heavy atom. The molecule has 2 N–H and O–H groups in total. The Bertz CT molecular complexity index is 979. The molecule has 2 atom stereocenters. The number of aromatic nitrogens is 2. The van der Waals surface area contributed by atoms with Gasteiger partial charge in [0, 0.05) is 6.54 Å². The molecule has 152 valence electrons. The Labute approximate surface area is 169 Å². The maximum Gasteiger partial charge on any atom is 0.233 e. The Hall–Kier alpha value is -2.93. The first-order valence-electron chi connectivity index (χ1n) is 10.2. The predicted octanol–water partition coefficient (Wildman–Crippen LogP) is 3.64. The highest BCUT2D eigenvalue weighted by Crippen LogP contribution is 2.34. The molecule has 1 aliphatic heterocycles. The molecule has 1 aromatic heterocycles. The van der Waals surface area contributed by atoms with Crippen molar-refractivity contribution in [2.75, 3.05) is 13.1 Å². The lowest BCUT2D eigenvalue weighted by Gasteiger charge is -2.28. The van der Waals surface area contributed by atoms with Crippen molar-refractivity contribution in [1.82, 2.24) is 19.9 Å². The van der Waals surface area contributed by atoms with Crippen LogP contribution in [0.1, 0.15) is 44.5 Å². The second-order valence-corrected chi connectivity index (χ2v) is 7.74. The van der Waals surface area contributed by atoms with E-state index in [-0.39, 0.29) is 18.5 Å². The molecule has 0 unspecified atom stereocenters. The van der Waals surface area contributed by atoms with E-state index in [1.165, 1.54) is 0 Å². The zero-order valence-electron chi connectivity index (χ0n) is 16.5. The number of carbonyl (C=O) groups is 2. The fourth-order valence-electron chi connectivity index (χ4n) is 4.33. The van der Waals surface area contributed by atoms with Gasteiger partial charge >= 0.3 is 0 Å². The largest absolute Gasteiger partial charge is 0.340 e. The number of hydrogen-bond donors (Lipinski definition) is 2. The monoisotopic (exact) mass is 394 g/mol. The summed E-state index contributed by atoms with van der Waals surface area (Å²) >= 11 is 0. The SMILES string of the molecule is CCC[C@@H](CN(O)C=O)C(=O)N1CCC[C@H]1c1nc2cc3ccccc3cc2[nH]1. The lowest BCUT2D eigenvalue weighted by Crippen LogP contribution is -2.40. The number of likely N-dealkylation sites (tertiary alicyclic amines) is 1. The van der Waals surface area contributed by atoms with E-state index in [1.807, 2.05) is 24.0 Å². The third-order valence-electron chi connectivity index (χ3n) is 5.73. The van der Waals surface area contributed by atoms with Crippen LogP contribution in [0.25, 0.3) is 21.8 Å². The van der Waals surface area contributed by atoms with Gasteiger partial charge in [0.2, 0.25) is 12.3 Å². The van der Waals surface area contributed by atoms with E-state index in [4.69, 9.17) is 4.98 Å². The third kappa shape index (κ3) is 3.82. The summed E-state index contributed by atoms with van der Waals surface area (Å²) in [6.07, 6.45) is 3.53. The summed E-state index contributed by atoms with van der Waals surface area (Å²) < 4.78 is 0. The van der Waals surface area contributed by atoms with Crippen LogP contribution < -0.4 is 0 Å². The maximum absolute atomic E-state index is 13.2. The summed E-state index contributed by atoms with van der Waals surface area (Å²) in [6, 6.07) is 12.2. The summed E-state index contributed by atoms with van der Waals surface area (Å²) in [6.45, 7) is 2.68. The molecular weight excluding hydrogens is 368 g/mol. The first-order valence-corrected chi connectivity index (χ1v) is 10.2. The molecule has 2 heterocycles. The Morgan fingerprint density at radius 2 is 2.14 bits per heavy atom. The Balaban J connectivity index is 1.62. The molecule has 4 rings (SSSR count). The molecule has 2 aromatic carbocycles. The first-order chi connectivity index (χ1) is 14.1. The quantitative estimate of drug-likeness (QED) is 0.364. The molecule has 0 radical (unpaired) electrons. The molecule has 1 aliphatic rings. The van der Waals surface area contributed by atoms with Crippen LogP contribution in [-0.2, 0) is 9.59 Å². The van der Waals surface area contributed by atoms with Crippen molar-refractivity contribution in [3.63, 3.8) is 0 Å². The minimum Gasteiger partial charge on any atom is -0.340 e. The molecular formula is C22H26N4O3. The van der Waals surface area contributed by atoms with Gasteiger partial charge in [0.25, 0.3) is 0 Å². The third-order valence-corrected chi connectivity index (χ3v) is 5.73. The number of imidazole rings is 1. The average molecular weight is 394 g/mol. The van der Waals surface area contributed by atoms with Gasteiger partial charge in [-0.2, -0.15) is 0 Å². The molecule has 2 amide bonds. The molecule has 0 saturated carbocycles. The number of rotatable bonds is 7. The number of nitrogens with zero attached hydrogens (tertiary/aromatic N) is 3. The Kier molecular flexibility index (Phi) is 5.49. The van der Waals surface area contributed by atoms with Crippen LogP contribution in [-0.4, -0.2) is 50.5 Å². The number of hydrogen-bond acceptors (Lipinski definition) is 4. The van der Waals surface area contributed by atoms with Gasteiger partial charge < -0.3 is 9.88 Å². The zero-order chi connectivity index (χ0) is 20.4. The van der Waals surface area contributed by atoms with Gasteiger partial charge in [-0.05, 0) is 42.2 Å². The van der Waals surface area contributed by atoms with E-state index >= 15 is 0 Å². The first kappa shape index (κ1) is 19.4. The molecule has 29 heavy (non-hydrogen) atoms. The molecule has 7 heteroatoms. The highest BCUT2D eigenvalue weighted by molar-refractivity contribution is 5.95. The highest BCUT2D eigenvalue weighted by atomic mass is 16.5. The molecule has 7 nitrogen and oxygen atoms in total. The highest BCUT2D eigenvalue weighted by Gasteiger charge is 2.35. The van der Waals surface area contributed by atoms with Crippen molar-refractivity contribution in [2.24, 2.45) is 5.92 Å². The van der Waals surface area contributed by atoms with Gasteiger partial charge in [0.05, 0.1) is 29.5 Å². The van der Waals surface area contributed by atoms with Crippen molar-refractivity contribution in [3.8, 4) is 0 Å². The van der Waals surface area contributed by atoms with Gasteiger partial charge in [-0.15, -0.1) is 0 Å². The van der Waals surface area contributed by atoms with Crippen LogP contribution in [0, 0.1) is 5.92 Å². The average Bonchev–Trinajstić information content (AvgIpc) is 3.37. The second-order valence-electron chi connectivity index (χ2n) is 7.74. The van der Waals surface area contributed by atoms with Gasteiger partial charge in [0.15, 0.2) is 0 Å². The summed E-state index contributed by atoms with van der Waals surface area (Å²) in [5, 5.41) is 12.4. The minimum absolute atomic E-state index is 0.0188. The van der Waals surface area contributed by atoms with Gasteiger partial charge in [-0.1, -0.05) is 37.6 Å². The van der Waals surface area contributed by atoms with Crippen LogP contribution in [0.5, 0.6) is 0 Å². The van der Waals surface area contributed by atoms with E-state index in [0.29, 0.717) is 24.4 Å². The number of hydroxylamine groups is 2. The topological polar surface area (TPSA) is 89.5 Å². The number of fused-ring (bicyclic) bond motifs is 2. The lowest BCUT2D eigenvalue weighted by atomic mass is 10.0. The summed E-state index contributed by atoms with van der Waals surface area (Å²) in [7, 11) is 0. The number of aromatic amines is 1. The molecule has 0 bridgehead atoms. The van der Waals surface area contributed by atoms with E-state index in [0.717, 1.165) is 46.9 Å². The number of carbonyl (C=O) groups excluding carboxylic acids is 2. The van der Waals surface area contributed by atoms with Crippen molar-refractivity contribution < 1.29 is 14.8 Å². The number of amides is 2. The summed E-state index contributed by atoms with van der Waals surface area (Å²) in [4.78, 5) is 34.1. The van der Waals surface area contributed by atoms with E-state index in [9.17, 15) is 14.8 Å². The van der Waals surface area contributed by atoms with E-state index in [2.05, 4.69) is 29.2 Å². The van der Waals surface area contributed by atoms with Crippen LogP contribution >= 0.6 is 0 Å². The maximum atomic E-state index is 13.2. The van der Waals surface area contributed by atoms with E-state index in [1.54, 1.807) is 0 Å². The predicted molar refractivity (Wildman–Crippen MR) is 110 cm³/mol. The Morgan fingerprint density at radius 1 is 1.38 bits per heavy atom. The number of nitrogens with one attached hydrogen (secondary N) is 1. The fourth-order valence-corrected chi connectivity index (χ4v) is 4.33. The number of H-pyrrole nitrogens is 1. The minimum atomic E-state index is -0.414. The van der Waals surface area contributed by atoms with Crippen molar-refractivity contribution in [3.05, 3.63) is 42.2 Å². The van der Waals surface area contributed by atoms with Crippen LogP contribution in [0.2, 0.25) is 0 Å². The standard InChI is InChI=1S/C22H26N4O3/c1-2-6-17(13-25(29)14-27)22(28)26-10-5-9-20(26)21-23-18-11-15-7-3-4-8-16(15)12-19(18)24-21/h3-4,7-8,11-12,14,17,20,29H,2,5-6,9-10,13H2,1H3,(H,23,24)/t17-,20-/m0/s1. The van der Waals surface area contributed by atoms with Crippen molar-refractivity contribution >= 4 is 34.1 Å². The fraction of sp³-hybridized carbons (Fsp3) is 0.409. The van der Waals surface area contributed by atoms with Crippen LogP contribution in [0.15, 0.2) is 36.4 Å². The molecule has 1 fully saturated rings. The summed E-state index contributed by atoms with van der Waals surface area (Å²) in [5.74, 6) is 0.358. The zero-order valence-corrected chi connectivity index (χ0v) is 16.5. The lowest BCUT2D eigenvalue weighted by molar-refractivity contribution is -0.157. The van der Waals surface area contributed by atoms with Crippen LogP contribution in [0.3, 0.4) is 0 Å². The molecule has 0 aliphatic carbocycles. The van der Waals surface area contributed by atoms with Gasteiger partial charge in [-0.25, -0.2) is 10.0 Å². The summed E-state index contributed by atoms with van der Waals surface area (Å²) in [5.41, 5.74) is 1.86. The number of benzene rings is 2. The van der Waals surface area contributed by atoms with E-state index < -0.39 is 5.92 Å².